The monoisotopic (exact) mass is 300 g/mol. The number of hydrogen-bond acceptors (Lipinski definition) is 2. The van der Waals surface area contributed by atoms with Gasteiger partial charge >= 0.3 is 0 Å². The van der Waals surface area contributed by atoms with Gasteiger partial charge in [0.1, 0.15) is 0 Å². The van der Waals surface area contributed by atoms with Gasteiger partial charge in [0.25, 0.3) is 5.91 Å². The Bertz CT molecular complexity index is 599. The summed E-state index contributed by atoms with van der Waals surface area (Å²) in [4.78, 5) is 28.9. The number of carbonyl (C=O) groups excluding carboxylic acids is 2. The summed E-state index contributed by atoms with van der Waals surface area (Å²) in [6.45, 7) is 4.30. The molecule has 118 valence electrons. The van der Waals surface area contributed by atoms with Gasteiger partial charge in [-0.25, -0.2) is 0 Å². The van der Waals surface area contributed by atoms with Crippen molar-refractivity contribution in [3.63, 3.8) is 0 Å². The second kappa shape index (κ2) is 5.75. The summed E-state index contributed by atoms with van der Waals surface area (Å²) in [5.74, 6) is 0.372. The Labute approximate surface area is 132 Å². The van der Waals surface area contributed by atoms with Crippen LogP contribution in [0.3, 0.4) is 0 Å². The van der Waals surface area contributed by atoms with E-state index in [1.165, 1.54) is 0 Å². The van der Waals surface area contributed by atoms with E-state index >= 15 is 0 Å². The van der Waals surface area contributed by atoms with E-state index in [1.54, 1.807) is 0 Å². The van der Waals surface area contributed by atoms with Crippen molar-refractivity contribution in [2.75, 3.05) is 26.7 Å². The zero-order valence-electron chi connectivity index (χ0n) is 13.5. The lowest BCUT2D eigenvalue weighted by atomic mass is 9.79. The zero-order chi connectivity index (χ0) is 15.7. The fraction of sp³-hybridized carbons (Fsp3) is 0.556. The smallest absolute Gasteiger partial charge is 0.253 e. The summed E-state index contributed by atoms with van der Waals surface area (Å²) < 4.78 is 0. The van der Waals surface area contributed by atoms with Crippen molar-refractivity contribution in [2.24, 2.45) is 5.41 Å². The highest BCUT2D eigenvalue weighted by atomic mass is 16.2. The first-order valence-electron chi connectivity index (χ1n) is 8.13. The van der Waals surface area contributed by atoms with Crippen molar-refractivity contribution in [3.8, 4) is 0 Å². The highest BCUT2D eigenvalue weighted by Crippen LogP contribution is 2.41. The molecule has 2 heterocycles. The van der Waals surface area contributed by atoms with Crippen LogP contribution in [0.15, 0.2) is 24.3 Å². The molecule has 1 unspecified atom stereocenters. The first kappa shape index (κ1) is 15.1. The van der Waals surface area contributed by atoms with Crippen LogP contribution in [0.1, 0.15) is 41.6 Å². The predicted molar refractivity (Wildman–Crippen MR) is 85.6 cm³/mol. The molecule has 0 saturated carbocycles. The lowest BCUT2D eigenvalue weighted by molar-refractivity contribution is -0.135. The summed E-state index contributed by atoms with van der Waals surface area (Å²) in [6, 6.07) is 7.75. The molecule has 2 fully saturated rings. The van der Waals surface area contributed by atoms with Gasteiger partial charge in [-0.3, -0.25) is 9.59 Å². The second-order valence-electron chi connectivity index (χ2n) is 6.77. The molecule has 2 saturated heterocycles. The molecule has 4 nitrogen and oxygen atoms in total. The molecular formula is C18H24N2O2. The van der Waals surface area contributed by atoms with Gasteiger partial charge in [-0.2, -0.15) is 0 Å². The maximum Gasteiger partial charge on any atom is 0.253 e. The Hall–Kier alpha value is -1.84. The largest absolute Gasteiger partial charge is 0.345 e. The molecule has 22 heavy (non-hydrogen) atoms. The topological polar surface area (TPSA) is 40.6 Å². The van der Waals surface area contributed by atoms with Gasteiger partial charge < -0.3 is 9.80 Å². The quantitative estimate of drug-likeness (QED) is 0.799. The molecule has 3 rings (SSSR count). The second-order valence-corrected chi connectivity index (χ2v) is 6.77. The summed E-state index contributed by atoms with van der Waals surface area (Å²) in [6.07, 6.45) is 3.56. The SMILES string of the molecule is Cc1cccc(C(=O)N2CCCC3(CCN(C)C3=O)CC2)c1. The first-order valence-corrected chi connectivity index (χ1v) is 8.13. The van der Waals surface area contributed by atoms with E-state index in [2.05, 4.69) is 0 Å². The molecule has 1 atom stereocenters. The number of rotatable bonds is 1. The van der Waals surface area contributed by atoms with Crippen molar-refractivity contribution < 1.29 is 9.59 Å². The van der Waals surface area contributed by atoms with Crippen LogP contribution in [0.2, 0.25) is 0 Å². The fourth-order valence-electron chi connectivity index (χ4n) is 3.82. The molecular weight excluding hydrogens is 276 g/mol. The van der Waals surface area contributed by atoms with Gasteiger partial charge in [0, 0.05) is 32.2 Å². The van der Waals surface area contributed by atoms with E-state index < -0.39 is 0 Å². The minimum atomic E-state index is -0.212. The molecule has 2 aliphatic heterocycles. The Kier molecular flexibility index (Phi) is 3.94. The number of hydrogen-bond donors (Lipinski definition) is 0. The van der Waals surface area contributed by atoms with Crippen molar-refractivity contribution in [3.05, 3.63) is 35.4 Å². The standard InChI is InChI=1S/C18H24N2O2/c1-14-5-3-6-15(13-14)16(21)20-10-4-7-18(9-12-20)8-11-19(2)17(18)22/h3,5-6,13H,4,7-12H2,1-2H3. The molecule has 4 heteroatoms. The van der Waals surface area contributed by atoms with Crippen molar-refractivity contribution in [2.45, 2.75) is 32.6 Å². The van der Waals surface area contributed by atoms with E-state index in [1.807, 2.05) is 48.0 Å². The third-order valence-corrected chi connectivity index (χ3v) is 5.22. The van der Waals surface area contributed by atoms with Crippen molar-refractivity contribution in [1.29, 1.82) is 0 Å². The molecule has 0 aromatic heterocycles. The summed E-state index contributed by atoms with van der Waals surface area (Å²) in [7, 11) is 1.89. The van der Waals surface area contributed by atoms with E-state index in [9.17, 15) is 9.59 Å². The third-order valence-electron chi connectivity index (χ3n) is 5.22. The van der Waals surface area contributed by atoms with E-state index in [4.69, 9.17) is 0 Å². The van der Waals surface area contributed by atoms with Crippen molar-refractivity contribution >= 4 is 11.8 Å². The molecule has 0 aliphatic carbocycles. The van der Waals surface area contributed by atoms with Gasteiger partial charge in [-0.05, 0) is 44.7 Å². The highest BCUT2D eigenvalue weighted by molar-refractivity contribution is 5.94. The van der Waals surface area contributed by atoms with Crippen LogP contribution in [-0.2, 0) is 4.79 Å². The lowest BCUT2D eigenvalue weighted by Crippen LogP contribution is -2.35. The number of aryl methyl sites for hydroxylation is 1. The van der Waals surface area contributed by atoms with Crippen LogP contribution in [0.4, 0.5) is 0 Å². The predicted octanol–water partition coefficient (Wildman–Crippen LogP) is 2.47. The number of nitrogens with zero attached hydrogens (tertiary/aromatic N) is 2. The van der Waals surface area contributed by atoms with E-state index in [0.717, 1.165) is 49.9 Å². The number of carbonyl (C=O) groups is 2. The van der Waals surface area contributed by atoms with Crippen LogP contribution in [0.5, 0.6) is 0 Å². The van der Waals surface area contributed by atoms with Crippen LogP contribution in [-0.4, -0.2) is 48.3 Å². The van der Waals surface area contributed by atoms with Gasteiger partial charge in [0.2, 0.25) is 5.91 Å². The summed E-state index contributed by atoms with van der Waals surface area (Å²) in [5.41, 5.74) is 1.65. The first-order chi connectivity index (χ1) is 10.5. The molecule has 1 aromatic carbocycles. The molecule has 2 aliphatic rings. The lowest BCUT2D eigenvalue weighted by Gasteiger charge is -2.25. The minimum Gasteiger partial charge on any atom is -0.345 e. The van der Waals surface area contributed by atoms with Crippen LogP contribution in [0, 0.1) is 12.3 Å². The average Bonchev–Trinajstić information content (AvgIpc) is 2.70. The van der Waals surface area contributed by atoms with Crippen LogP contribution >= 0.6 is 0 Å². The summed E-state index contributed by atoms with van der Waals surface area (Å²) >= 11 is 0. The third kappa shape index (κ3) is 2.62. The van der Waals surface area contributed by atoms with Gasteiger partial charge in [-0.15, -0.1) is 0 Å². The average molecular weight is 300 g/mol. The summed E-state index contributed by atoms with van der Waals surface area (Å²) in [5, 5.41) is 0. The number of benzene rings is 1. The Morgan fingerprint density at radius 1 is 1.14 bits per heavy atom. The Morgan fingerprint density at radius 2 is 1.91 bits per heavy atom. The van der Waals surface area contributed by atoms with Gasteiger partial charge in [0.05, 0.1) is 5.41 Å². The molecule has 1 spiro atoms. The Morgan fingerprint density at radius 3 is 2.59 bits per heavy atom. The maximum atomic E-state index is 12.7. The normalized spacial score (nSPS) is 25.6. The van der Waals surface area contributed by atoms with Crippen LogP contribution < -0.4 is 0 Å². The Balaban J connectivity index is 1.73. The highest BCUT2D eigenvalue weighted by Gasteiger charge is 2.45. The number of likely N-dealkylation sites (tertiary alicyclic amines) is 2. The number of amides is 2. The van der Waals surface area contributed by atoms with Crippen LogP contribution in [0.25, 0.3) is 0 Å². The maximum absolute atomic E-state index is 12.7. The molecule has 0 radical (unpaired) electrons. The van der Waals surface area contributed by atoms with E-state index in [0.29, 0.717) is 6.54 Å². The van der Waals surface area contributed by atoms with Crippen molar-refractivity contribution in [1.82, 2.24) is 9.80 Å². The van der Waals surface area contributed by atoms with Gasteiger partial charge in [0.15, 0.2) is 0 Å². The molecule has 0 N–H and O–H groups in total. The molecule has 1 aromatic rings. The molecule has 0 bridgehead atoms. The minimum absolute atomic E-state index is 0.0968. The van der Waals surface area contributed by atoms with E-state index in [-0.39, 0.29) is 17.2 Å². The zero-order valence-corrected chi connectivity index (χ0v) is 13.5. The van der Waals surface area contributed by atoms with Gasteiger partial charge in [-0.1, -0.05) is 17.7 Å². The molecule has 2 amide bonds. The fourth-order valence-corrected chi connectivity index (χ4v) is 3.82.